The first-order chi connectivity index (χ1) is 10.2. The summed E-state index contributed by atoms with van der Waals surface area (Å²) in [5.74, 6) is 0.0236. The summed E-state index contributed by atoms with van der Waals surface area (Å²) in [5, 5.41) is 6.06. The number of nitrogens with zero attached hydrogens (tertiary/aromatic N) is 1. The Morgan fingerprint density at radius 2 is 1.81 bits per heavy atom. The van der Waals surface area contributed by atoms with E-state index in [2.05, 4.69) is 29.4 Å². The van der Waals surface area contributed by atoms with E-state index in [1.54, 1.807) is 7.11 Å². The molecule has 21 heavy (non-hydrogen) atoms. The Bertz CT molecular complexity index is 402. The van der Waals surface area contributed by atoms with Gasteiger partial charge >= 0.3 is 0 Å². The van der Waals surface area contributed by atoms with E-state index in [1.807, 2.05) is 24.3 Å². The maximum absolute atomic E-state index is 11.8. The van der Waals surface area contributed by atoms with Crippen molar-refractivity contribution in [3.05, 3.63) is 24.3 Å². The van der Waals surface area contributed by atoms with E-state index in [0.717, 1.165) is 25.3 Å². The molecule has 0 bridgehead atoms. The van der Waals surface area contributed by atoms with Crippen molar-refractivity contribution in [1.29, 1.82) is 0 Å². The minimum absolute atomic E-state index is 0.0236. The van der Waals surface area contributed by atoms with Crippen LogP contribution in [0.3, 0.4) is 0 Å². The van der Waals surface area contributed by atoms with Crippen molar-refractivity contribution in [1.82, 2.24) is 5.32 Å². The number of rotatable bonds is 10. The third-order valence-corrected chi connectivity index (χ3v) is 3.29. The number of carbonyl (C=O) groups excluding carboxylic acids is 1. The van der Waals surface area contributed by atoms with E-state index in [0.29, 0.717) is 19.6 Å². The molecular formula is C16H27N3O2. The van der Waals surface area contributed by atoms with Gasteiger partial charge in [0.05, 0.1) is 6.61 Å². The summed E-state index contributed by atoms with van der Waals surface area (Å²) in [7, 11) is 1.66. The molecule has 0 heterocycles. The summed E-state index contributed by atoms with van der Waals surface area (Å²) in [6.45, 7) is 8.32. The molecule has 1 aromatic carbocycles. The predicted molar refractivity (Wildman–Crippen MR) is 88.0 cm³/mol. The van der Waals surface area contributed by atoms with Gasteiger partial charge in [0.25, 0.3) is 0 Å². The molecule has 2 N–H and O–H groups in total. The molecule has 118 valence electrons. The number of amides is 1. The largest absolute Gasteiger partial charge is 0.383 e. The molecule has 5 heteroatoms. The Morgan fingerprint density at radius 1 is 1.14 bits per heavy atom. The Labute approximate surface area is 127 Å². The van der Waals surface area contributed by atoms with Crippen LogP contribution >= 0.6 is 0 Å². The van der Waals surface area contributed by atoms with E-state index in [1.165, 1.54) is 5.69 Å². The average molecular weight is 293 g/mol. The van der Waals surface area contributed by atoms with Crippen LogP contribution in [0.25, 0.3) is 0 Å². The summed E-state index contributed by atoms with van der Waals surface area (Å²) >= 11 is 0. The van der Waals surface area contributed by atoms with Gasteiger partial charge in [0, 0.05) is 51.1 Å². The van der Waals surface area contributed by atoms with Crippen molar-refractivity contribution < 1.29 is 9.53 Å². The highest BCUT2D eigenvalue weighted by Crippen LogP contribution is 2.17. The number of benzene rings is 1. The van der Waals surface area contributed by atoms with Crippen LogP contribution in [0.2, 0.25) is 0 Å². The highest BCUT2D eigenvalue weighted by atomic mass is 16.5. The van der Waals surface area contributed by atoms with Crippen molar-refractivity contribution in [2.45, 2.75) is 20.3 Å². The molecule has 1 aromatic rings. The second-order valence-electron chi connectivity index (χ2n) is 4.76. The van der Waals surface area contributed by atoms with Crippen LogP contribution in [0, 0.1) is 0 Å². The van der Waals surface area contributed by atoms with Crippen molar-refractivity contribution >= 4 is 17.3 Å². The fourth-order valence-electron chi connectivity index (χ4n) is 2.07. The van der Waals surface area contributed by atoms with Gasteiger partial charge in [-0.2, -0.15) is 0 Å². The van der Waals surface area contributed by atoms with Crippen molar-refractivity contribution in [3.8, 4) is 0 Å². The number of hydrogen-bond acceptors (Lipinski definition) is 4. The molecule has 0 saturated heterocycles. The van der Waals surface area contributed by atoms with Gasteiger partial charge in [-0.25, -0.2) is 0 Å². The number of nitrogens with one attached hydrogen (secondary N) is 2. The molecule has 0 aliphatic heterocycles. The van der Waals surface area contributed by atoms with Crippen molar-refractivity contribution in [2.24, 2.45) is 0 Å². The lowest BCUT2D eigenvalue weighted by molar-refractivity contribution is -0.116. The lowest BCUT2D eigenvalue weighted by Crippen LogP contribution is -2.24. The van der Waals surface area contributed by atoms with Crippen LogP contribution in [-0.4, -0.2) is 45.8 Å². The molecule has 0 atom stereocenters. The minimum atomic E-state index is 0.0236. The normalized spacial score (nSPS) is 10.4. The fraction of sp³-hybridized carbons (Fsp3) is 0.562. The molecule has 0 aromatic heterocycles. The maximum Gasteiger partial charge on any atom is 0.225 e. The quantitative estimate of drug-likeness (QED) is 0.649. The number of methoxy groups -OCH3 is 1. The van der Waals surface area contributed by atoms with Crippen LogP contribution in [-0.2, 0) is 9.53 Å². The summed E-state index contributed by atoms with van der Waals surface area (Å²) in [5.41, 5.74) is 2.02. The summed E-state index contributed by atoms with van der Waals surface area (Å²) in [6.07, 6.45) is 0.460. The SMILES string of the molecule is CCN(CC)c1ccc(NC(=O)CCNCCOC)cc1. The topological polar surface area (TPSA) is 53.6 Å². The first kappa shape index (κ1) is 17.5. The molecule has 0 saturated carbocycles. The third-order valence-electron chi connectivity index (χ3n) is 3.29. The predicted octanol–water partition coefficient (Wildman–Crippen LogP) is 2.10. The Morgan fingerprint density at radius 3 is 2.38 bits per heavy atom. The lowest BCUT2D eigenvalue weighted by atomic mass is 10.2. The third kappa shape index (κ3) is 6.60. The summed E-state index contributed by atoms with van der Waals surface area (Å²) < 4.78 is 4.93. The van der Waals surface area contributed by atoms with E-state index in [-0.39, 0.29) is 5.91 Å². The molecule has 0 unspecified atom stereocenters. The number of carbonyl (C=O) groups is 1. The van der Waals surface area contributed by atoms with Gasteiger partial charge in [0.15, 0.2) is 0 Å². The Kier molecular flexibility index (Phi) is 8.47. The van der Waals surface area contributed by atoms with Gasteiger partial charge in [-0.3, -0.25) is 4.79 Å². The average Bonchev–Trinajstić information content (AvgIpc) is 2.50. The first-order valence-electron chi connectivity index (χ1n) is 7.55. The zero-order valence-electron chi connectivity index (χ0n) is 13.3. The second-order valence-corrected chi connectivity index (χ2v) is 4.76. The fourth-order valence-corrected chi connectivity index (χ4v) is 2.07. The monoisotopic (exact) mass is 293 g/mol. The minimum Gasteiger partial charge on any atom is -0.383 e. The zero-order chi connectivity index (χ0) is 15.5. The van der Waals surface area contributed by atoms with Gasteiger partial charge in [-0.15, -0.1) is 0 Å². The van der Waals surface area contributed by atoms with Crippen LogP contribution in [0.15, 0.2) is 24.3 Å². The lowest BCUT2D eigenvalue weighted by Gasteiger charge is -2.21. The molecule has 1 amide bonds. The smallest absolute Gasteiger partial charge is 0.225 e. The summed E-state index contributed by atoms with van der Waals surface area (Å²) in [4.78, 5) is 14.1. The Balaban J connectivity index is 2.36. The number of anilines is 2. The van der Waals surface area contributed by atoms with Crippen LogP contribution in [0.1, 0.15) is 20.3 Å². The van der Waals surface area contributed by atoms with Gasteiger partial charge in [-0.1, -0.05) is 0 Å². The highest BCUT2D eigenvalue weighted by molar-refractivity contribution is 5.91. The second kappa shape index (κ2) is 10.2. The molecule has 0 aliphatic rings. The summed E-state index contributed by atoms with van der Waals surface area (Å²) in [6, 6.07) is 7.98. The standard InChI is InChI=1S/C16H27N3O2/c1-4-19(5-2)15-8-6-14(7-9-15)18-16(20)10-11-17-12-13-21-3/h6-9,17H,4-5,10-13H2,1-3H3,(H,18,20). The number of hydrogen-bond donors (Lipinski definition) is 2. The molecule has 0 aliphatic carbocycles. The van der Waals surface area contributed by atoms with Gasteiger partial charge in [-0.05, 0) is 38.1 Å². The van der Waals surface area contributed by atoms with Crippen LogP contribution < -0.4 is 15.5 Å². The van der Waals surface area contributed by atoms with E-state index < -0.39 is 0 Å². The van der Waals surface area contributed by atoms with Crippen LogP contribution in [0.5, 0.6) is 0 Å². The highest BCUT2D eigenvalue weighted by Gasteiger charge is 2.04. The Hall–Kier alpha value is -1.59. The zero-order valence-corrected chi connectivity index (χ0v) is 13.3. The first-order valence-corrected chi connectivity index (χ1v) is 7.55. The van der Waals surface area contributed by atoms with Crippen LogP contribution in [0.4, 0.5) is 11.4 Å². The van der Waals surface area contributed by atoms with Crippen molar-refractivity contribution in [2.75, 3.05) is 50.1 Å². The van der Waals surface area contributed by atoms with Crippen molar-refractivity contribution in [3.63, 3.8) is 0 Å². The van der Waals surface area contributed by atoms with Gasteiger partial charge in [0.1, 0.15) is 0 Å². The van der Waals surface area contributed by atoms with Gasteiger partial charge in [0.2, 0.25) is 5.91 Å². The molecule has 5 nitrogen and oxygen atoms in total. The van der Waals surface area contributed by atoms with E-state index in [4.69, 9.17) is 4.74 Å². The molecular weight excluding hydrogens is 266 g/mol. The van der Waals surface area contributed by atoms with E-state index in [9.17, 15) is 4.79 Å². The van der Waals surface area contributed by atoms with Gasteiger partial charge < -0.3 is 20.3 Å². The molecule has 0 fully saturated rings. The molecule has 1 rings (SSSR count). The number of ether oxygens (including phenoxy) is 1. The maximum atomic E-state index is 11.8. The van der Waals surface area contributed by atoms with E-state index >= 15 is 0 Å². The molecule has 0 spiro atoms. The molecule has 0 radical (unpaired) electrons.